The highest BCUT2D eigenvalue weighted by Crippen LogP contribution is 2.55. The summed E-state index contributed by atoms with van der Waals surface area (Å²) in [5.74, 6) is -21.2. The van der Waals surface area contributed by atoms with Crippen molar-refractivity contribution in [2.75, 3.05) is 7.05 Å². The summed E-state index contributed by atoms with van der Waals surface area (Å²) in [5, 5.41) is 7.71. The van der Waals surface area contributed by atoms with Gasteiger partial charge < -0.3 is 5.11 Å². The summed E-state index contributed by atoms with van der Waals surface area (Å²) in [7, 11) is 0.0131. The average Bonchev–Trinajstić information content (AvgIpc) is 2.15. The fourth-order valence-electron chi connectivity index (χ4n) is 0.740. The smallest absolute Gasteiger partial charge is 0.331 e. The van der Waals surface area contributed by atoms with Crippen LogP contribution in [0.4, 0.5) is 43.9 Å². The Kier molecular flexibility index (Phi) is 3.94. The minimum Gasteiger partial charge on any atom is -0.331 e. The molecule has 0 rings (SSSR count). The van der Waals surface area contributed by atoms with Gasteiger partial charge in [0.1, 0.15) is 0 Å². The molecular weight excluding hydrogens is 292 g/mol. The van der Waals surface area contributed by atoms with Crippen LogP contribution in [0.1, 0.15) is 0 Å². The van der Waals surface area contributed by atoms with Crippen LogP contribution < -0.4 is 5.32 Å². The minimum absolute atomic E-state index is 0.0131. The molecule has 0 heterocycles. The van der Waals surface area contributed by atoms with Crippen molar-refractivity contribution < 1.29 is 49.0 Å². The van der Waals surface area contributed by atoms with Gasteiger partial charge >= 0.3 is 29.9 Å². The van der Waals surface area contributed by atoms with Gasteiger partial charge in [0.05, 0.1) is 0 Å². The number of hydrogen-bond acceptors (Lipinski definition) is 2. The third-order valence-electron chi connectivity index (χ3n) is 1.87. The number of hydrogen-bond donors (Lipinski definition) is 2. The molecule has 0 saturated carbocycles. The van der Waals surface area contributed by atoms with E-state index in [1.807, 2.05) is 0 Å². The van der Waals surface area contributed by atoms with Crippen molar-refractivity contribution in [2.45, 2.75) is 29.9 Å². The Morgan fingerprint density at radius 1 is 0.667 bits per heavy atom. The molecule has 2 nitrogen and oxygen atoms in total. The summed E-state index contributed by atoms with van der Waals surface area (Å²) >= 11 is 0. The van der Waals surface area contributed by atoms with Crippen LogP contribution in [0, 0.1) is 0 Å². The Morgan fingerprint density at radius 2 is 1.00 bits per heavy atom. The zero-order valence-electron chi connectivity index (χ0n) is 8.23. The highest BCUT2D eigenvalue weighted by Gasteiger charge is 2.86. The molecule has 0 aliphatic rings. The predicted octanol–water partition coefficient (Wildman–Crippen LogP) is 2.29. The molecule has 12 heteroatoms. The van der Waals surface area contributed by atoms with Crippen molar-refractivity contribution in [3.63, 3.8) is 0 Å². The second kappa shape index (κ2) is 4.11. The summed E-state index contributed by atoms with van der Waals surface area (Å²) in [6, 6.07) is -5.91. The third-order valence-corrected chi connectivity index (χ3v) is 1.87. The lowest BCUT2D eigenvalue weighted by Gasteiger charge is -2.37. The van der Waals surface area contributed by atoms with Gasteiger partial charge in [-0.25, -0.2) is 0 Å². The van der Waals surface area contributed by atoms with Gasteiger partial charge in [-0.2, -0.15) is 43.9 Å². The van der Waals surface area contributed by atoms with Crippen LogP contribution >= 0.6 is 0 Å². The van der Waals surface area contributed by atoms with Gasteiger partial charge in [0.2, 0.25) is 0 Å². The van der Waals surface area contributed by atoms with Crippen LogP contribution in [0.25, 0.3) is 0 Å². The Hall–Kier alpha value is -0.780. The van der Waals surface area contributed by atoms with Crippen molar-refractivity contribution in [3.8, 4) is 0 Å². The summed E-state index contributed by atoms with van der Waals surface area (Å²) in [6.45, 7) is 0. The second-order valence-corrected chi connectivity index (χ2v) is 3.09. The predicted molar refractivity (Wildman–Crippen MR) is 36.0 cm³/mol. The number of nitrogens with one attached hydrogen (secondary N) is 1. The molecule has 0 aromatic carbocycles. The SMILES string of the molecule is CNC(F)(F)C(F)(F)C(F)(F)C(F)(F)C(O)(F)F. The van der Waals surface area contributed by atoms with Crippen molar-refractivity contribution >= 4 is 0 Å². The molecule has 0 amide bonds. The number of alkyl halides is 10. The molecule has 0 aromatic heterocycles. The first-order valence-electron chi connectivity index (χ1n) is 3.86. The van der Waals surface area contributed by atoms with Crippen LogP contribution in [0.5, 0.6) is 0 Å². The monoisotopic (exact) mass is 297 g/mol. The Bertz CT molecular complexity index is 308. The van der Waals surface area contributed by atoms with Crippen LogP contribution in [0.2, 0.25) is 0 Å². The van der Waals surface area contributed by atoms with E-state index in [2.05, 4.69) is 0 Å². The molecule has 0 radical (unpaired) electrons. The van der Waals surface area contributed by atoms with Gasteiger partial charge in [0.15, 0.2) is 0 Å². The van der Waals surface area contributed by atoms with E-state index in [0.29, 0.717) is 0 Å². The van der Waals surface area contributed by atoms with Crippen LogP contribution in [-0.4, -0.2) is 42.1 Å². The molecule has 0 saturated heterocycles. The molecule has 0 unspecified atom stereocenters. The zero-order valence-corrected chi connectivity index (χ0v) is 8.23. The standard InChI is InChI=1S/C6H5F10NO/c1-17-5(13,14)3(9,10)2(7,8)4(11,12)6(15,16)18/h17-18H,1H3. The van der Waals surface area contributed by atoms with E-state index in [1.54, 1.807) is 0 Å². The molecule has 0 spiro atoms. The lowest BCUT2D eigenvalue weighted by Crippen LogP contribution is -2.69. The van der Waals surface area contributed by atoms with Crippen molar-refractivity contribution in [1.82, 2.24) is 5.32 Å². The number of aliphatic hydroxyl groups is 1. The maximum absolute atomic E-state index is 12.5. The Morgan fingerprint density at radius 3 is 1.22 bits per heavy atom. The number of halogens is 10. The molecule has 110 valence electrons. The quantitative estimate of drug-likeness (QED) is 0.603. The van der Waals surface area contributed by atoms with E-state index < -0.39 is 29.9 Å². The van der Waals surface area contributed by atoms with Gasteiger partial charge in [-0.1, -0.05) is 0 Å². The van der Waals surface area contributed by atoms with Gasteiger partial charge in [0.25, 0.3) is 0 Å². The van der Waals surface area contributed by atoms with Crippen molar-refractivity contribution in [1.29, 1.82) is 0 Å². The van der Waals surface area contributed by atoms with Gasteiger partial charge in [0, 0.05) is 0 Å². The molecule has 0 aliphatic heterocycles. The lowest BCUT2D eigenvalue weighted by molar-refractivity contribution is -0.439. The van der Waals surface area contributed by atoms with Crippen molar-refractivity contribution in [3.05, 3.63) is 0 Å². The van der Waals surface area contributed by atoms with E-state index >= 15 is 0 Å². The second-order valence-electron chi connectivity index (χ2n) is 3.09. The third kappa shape index (κ3) is 2.11. The first-order valence-corrected chi connectivity index (χ1v) is 3.86. The maximum atomic E-state index is 12.5. The summed E-state index contributed by atoms with van der Waals surface area (Å²) in [4.78, 5) is 0. The number of rotatable bonds is 5. The van der Waals surface area contributed by atoms with E-state index in [1.165, 1.54) is 0 Å². The fourth-order valence-corrected chi connectivity index (χ4v) is 0.740. The van der Waals surface area contributed by atoms with Crippen LogP contribution in [0.15, 0.2) is 0 Å². The van der Waals surface area contributed by atoms with Gasteiger partial charge in [-0.05, 0) is 7.05 Å². The average molecular weight is 297 g/mol. The van der Waals surface area contributed by atoms with Crippen LogP contribution in [-0.2, 0) is 0 Å². The molecular formula is C6H5F10NO. The Balaban J connectivity index is 5.80. The molecule has 0 aliphatic carbocycles. The molecule has 18 heavy (non-hydrogen) atoms. The highest BCUT2D eigenvalue weighted by molar-refractivity contribution is 5.04. The lowest BCUT2D eigenvalue weighted by atomic mass is 10.0. The van der Waals surface area contributed by atoms with E-state index in [9.17, 15) is 43.9 Å². The normalized spacial score (nSPS) is 16.0. The first kappa shape index (κ1) is 17.2. The minimum atomic E-state index is -7.22. The highest BCUT2D eigenvalue weighted by atomic mass is 19.4. The topological polar surface area (TPSA) is 32.3 Å². The summed E-state index contributed by atoms with van der Waals surface area (Å²) in [5.41, 5.74) is 0. The van der Waals surface area contributed by atoms with E-state index in [-0.39, 0.29) is 12.4 Å². The molecule has 0 aromatic rings. The summed E-state index contributed by atoms with van der Waals surface area (Å²) < 4.78 is 123. The first-order chi connectivity index (χ1) is 7.56. The molecule has 0 bridgehead atoms. The van der Waals surface area contributed by atoms with Crippen LogP contribution in [0.3, 0.4) is 0 Å². The van der Waals surface area contributed by atoms with E-state index in [0.717, 1.165) is 0 Å². The molecule has 0 fully saturated rings. The van der Waals surface area contributed by atoms with Gasteiger partial charge in [-0.3, -0.25) is 5.32 Å². The Labute approximate surface area is 92.6 Å². The largest absolute Gasteiger partial charge is 0.423 e. The summed E-state index contributed by atoms with van der Waals surface area (Å²) in [6.07, 6.45) is -6.62. The fraction of sp³-hybridized carbons (Fsp3) is 1.00. The van der Waals surface area contributed by atoms with Crippen molar-refractivity contribution in [2.24, 2.45) is 0 Å². The molecule has 2 N–H and O–H groups in total. The van der Waals surface area contributed by atoms with E-state index in [4.69, 9.17) is 5.11 Å². The molecule has 0 atom stereocenters. The maximum Gasteiger partial charge on any atom is 0.423 e. The van der Waals surface area contributed by atoms with Gasteiger partial charge in [-0.15, -0.1) is 0 Å². The zero-order chi connectivity index (χ0) is 15.2.